The molecule has 25 heavy (non-hydrogen) atoms. The highest BCUT2D eigenvalue weighted by Crippen LogP contribution is 2.22. The molecule has 0 heterocycles. The normalized spacial score (nSPS) is 12.4. The Balaban J connectivity index is 2.08. The lowest BCUT2D eigenvalue weighted by atomic mass is 10.0. The monoisotopic (exact) mass is 340 g/mol. The molecule has 0 amide bonds. The van der Waals surface area contributed by atoms with Gasteiger partial charge in [0.1, 0.15) is 11.7 Å². The lowest BCUT2D eigenvalue weighted by molar-refractivity contribution is -0.0720. The van der Waals surface area contributed by atoms with Crippen molar-refractivity contribution in [1.82, 2.24) is 0 Å². The minimum absolute atomic E-state index is 0.425. The van der Waals surface area contributed by atoms with Crippen LogP contribution in [0, 0.1) is 13.8 Å². The molecule has 0 aliphatic heterocycles. The fourth-order valence-corrected chi connectivity index (χ4v) is 2.35. The predicted octanol–water partition coefficient (Wildman–Crippen LogP) is 4.48. The van der Waals surface area contributed by atoms with Crippen molar-refractivity contribution in [1.29, 1.82) is 0 Å². The molecule has 0 saturated carbocycles. The van der Waals surface area contributed by atoms with Crippen LogP contribution in [0.25, 0.3) is 0 Å². The zero-order valence-corrected chi connectivity index (χ0v) is 15.3. The number of aryl methyl sites for hydroxylation is 2. The highest BCUT2D eigenvalue weighted by atomic mass is 16.6. The van der Waals surface area contributed by atoms with Crippen LogP contribution in [0.2, 0.25) is 0 Å². The van der Waals surface area contributed by atoms with Crippen molar-refractivity contribution in [2.75, 3.05) is 0 Å². The summed E-state index contributed by atoms with van der Waals surface area (Å²) in [5, 5.41) is 0. The number of carbonyl (C=O) groups is 2. The Morgan fingerprint density at radius 1 is 0.840 bits per heavy atom. The molecule has 1 unspecified atom stereocenters. The molecule has 4 nitrogen and oxygen atoms in total. The van der Waals surface area contributed by atoms with Gasteiger partial charge in [-0.05, 0) is 57.9 Å². The SMILES string of the molecule is Cc1ccccc1C(=O)OC(C)C(C)(C)OC(=O)c1ccccc1C. The van der Waals surface area contributed by atoms with Gasteiger partial charge in [-0.3, -0.25) is 0 Å². The van der Waals surface area contributed by atoms with E-state index in [-0.39, 0.29) is 0 Å². The molecule has 4 heteroatoms. The Bertz CT molecular complexity index is 777. The number of benzene rings is 2. The number of ether oxygens (including phenoxy) is 2. The van der Waals surface area contributed by atoms with Crippen molar-refractivity contribution in [2.24, 2.45) is 0 Å². The van der Waals surface area contributed by atoms with Crippen LogP contribution in [0.3, 0.4) is 0 Å². The van der Waals surface area contributed by atoms with E-state index in [1.807, 2.05) is 38.1 Å². The summed E-state index contributed by atoms with van der Waals surface area (Å²) in [6, 6.07) is 14.5. The summed E-state index contributed by atoms with van der Waals surface area (Å²) in [5.74, 6) is -0.854. The van der Waals surface area contributed by atoms with Crippen LogP contribution in [0.1, 0.15) is 52.6 Å². The van der Waals surface area contributed by atoms with Gasteiger partial charge in [0.15, 0.2) is 0 Å². The second kappa shape index (κ2) is 7.51. The molecule has 1 atom stereocenters. The van der Waals surface area contributed by atoms with Crippen LogP contribution in [-0.4, -0.2) is 23.6 Å². The minimum Gasteiger partial charge on any atom is -0.455 e. The van der Waals surface area contributed by atoms with E-state index in [0.29, 0.717) is 11.1 Å². The molecule has 0 fully saturated rings. The Kier molecular flexibility index (Phi) is 5.62. The third kappa shape index (κ3) is 4.47. The first-order valence-corrected chi connectivity index (χ1v) is 8.28. The third-order valence-electron chi connectivity index (χ3n) is 4.35. The summed E-state index contributed by atoms with van der Waals surface area (Å²) in [4.78, 5) is 24.8. The minimum atomic E-state index is -0.961. The maximum absolute atomic E-state index is 12.4. The molecule has 132 valence electrons. The molecule has 0 bridgehead atoms. The van der Waals surface area contributed by atoms with Crippen LogP contribution in [0.4, 0.5) is 0 Å². The molecule has 0 spiro atoms. The van der Waals surface area contributed by atoms with E-state index < -0.39 is 23.6 Å². The zero-order valence-electron chi connectivity index (χ0n) is 15.3. The number of hydrogen-bond donors (Lipinski definition) is 0. The first-order valence-electron chi connectivity index (χ1n) is 8.28. The quantitative estimate of drug-likeness (QED) is 0.753. The number of esters is 2. The topological polar surface area (TPSA) is 52.6 Å². The molecule has 0 aromatic heterocycles. The summed E-state index contributed by atoms with van der Waals surface area (Å²) in [6.07, 6.45) is -0.604. The summed E-state index contributed by atoms with van der Waals surface area (Å²) >= 11 is 0. The lowest BCUT2D eigenvalue weighted by Gasteiger charge is -2.31. The number of rotatable bonds is 5. The first-order chi connectivity index (χ1) is 11.7. The van der Waals surface area contributed by atoms with Gasteiger partial charge in [0.25, 0.3) is 0 Å². The largest absolute Gasteiger partial charge is 0.455 e. The summed E-state index contributed by atoms with van der Waals surface area (Å²) in [5.41, 5.74) is 1.74. The lowest BCUT2D eigenvalue weighted by Crippen LogP contribution is -2.42. The van der Waals surface area contributed by atoms with E-state index in [9.17, 15) is 9.59 Å². The van der Waals surface area contributed by atoms with E-state index in [4.69, 9.17) is 9.47 Å². The van der Waals surface area contributed by atoms with E-state index in [1.54, 1.807) is 45.0 Å². The van der Waals surface area contributed by atoms with Gasteiger partial charge in [0, 0.05) is 0 Å². The molecular formula is C21H24O4. The number of carbonyl (C=O) groups excluding carboxylic acids is 2. The van der Waals surface area contributed by atoms with Gasteiger partial charge >= 0.3 is 11.9 Å². The average Bonchev–Trinajstić information content (AvgIpc) is 2.55. The molecule has 2 aromatic rings. The third-order valence-corrected chi connectivity index (χ3v) is 4.35. The molecule has 0 aliphatic carbocycles. The number of hydrogen-bond acceptors (Lipinski definition) is 4. The molecular weight excluding hydrogens is 316 g/mol. The van der Waals surface area contributed by atoms with Crippen LogP contribution in [0.15, 0.2) is 48.5 Å². The smallest absolute Gasteiger partial charge is 0.339 e. The average molecular weight is 340 g/mol. The van der Waals surface area contributed by atoms with Crippen LogP contribution in [-0.2, 0) is 9.47 Å². The van der Waals surface area contributed by atoms with E-state index in [0.717, 1.165) is 11.1 Å². The molecule has 2 aromatic carbocycles. The van der Waals surface area contributed by atoms with Crippen molar-refractivity contribution in [3.63, 3.8) is 0 Å². The maximum atomic E-state index is 12.4. The van der Waals surface area contributed by atoms with Crippen molar-refractivity contribution in [3.8, 4) is 0 Å². The van der Waals surface area contributed by atoms with Gasteiger partial charge in [0.05, 0.1) is 11.1 Å². The summed E-state index contributed by atoms with van der Waals surface area (Å²) in [7, 11) is 0. The summed E-state index contributed by atoms with van der Waals surface area (Å²) < 4.78 is 11.2. The predicted molar refractivity (Wildman–Crippen MR) is 96.7 cm³/mol. The standard InChI is InChI=1S/C21H24O4/c1-14-10-6-8-12-17(14)19(22)24-16(3)21(4,5)25-20(23)18-13-9-7-11-15(18)2/h6-13,16H,1-5H3. The van der Waals surface area contributed by atoms with Crippen LogP contribution < -0.4 is 0 Å². The Labute approximate surface area is 148 Å². The second-order valence-corrected chi connectivity index (χ2v) is 6.67. The highest BCUT2D eigenvalue weighted by molar-refractivity contribution is 5.92. The molecule has 2 rings (SSSR count). The first kappa shape index (κ1) is 18.7. The van der Waals surface area contributed by atoms with E-state index >= 15 is 0 Å². The highest BCUT2D eigenvalue weighted by Gasteiger charge is 2.34. The Hall–Kier alpha value is -2.62. The van der Waals surface area contributed by atoms with E-state index in [1.165, 1.54) is 0 Å². The van der Waals surface area contributed by atoms with Crippen molar-refractivity contribution in [2.45, 2.75) is 46.3 Å². The van der Waals surface area contributed by atoms with Crippen LogP contribution >= 0.6 is 0 Å². The van der Waals surface area contributed by atoms with Crippen molar-refractivity contribution < 1.29 is 19.1 Å². The second-order valence-electron chi connectivity index (χ2n) is 6.67. The van der Waals surface area contributed by atoms with E-state index in [2.05, 4.69) is 0 Å². The molecule has 0 N–H and O–H groups in total. The summed E-state index contributed by atoms with van der Waals surface area (Å²) in [6.45, 7) is 8.90. The van der Waals surface area contributed by atoms with Gasteiger partial charge < -0.3 is 9.47 Å². The van der Waals surface area contributed by atoms with Gasteiger partial charge in [-0.2, -0.15) is 0 Å². The Morgan fingerprint density at radius 3 is 1.76 bits per heavy atom. The van der Waals surface area contributed by atoms with Gasteiger partial charge in [0.2, 0.25) is 0 Å². The van der Waals surface area contributed by atoms with Gasteiger partial charge in [-0.25, -0.2) is 9.59 Å². The Morgan fingerprint density at radius 2 is 1.28 bits per heavy atom. The molecule has 0 radical (unpaired) electrons. The maximum Gasteiger partial charge on any atom is 0.339 e. The van der Waals surface area contributed by atoms with Crippen molar-refractivity contribution in [3.05, 3.63) is 70.8 Å². The van der Waals surface area contributed by atoms with Crippen LogP contribution in [0.5, 0.6) is 0 Å². The fourth-order valence-electron chi connectivity index (χ4n) is 2.35. The van der Waals surface area contributed by atoms with Gasteiger partial charge in [-0.1, -0.05) is 36.4 Å². The molecule has 0 aliphatic rings. The van der Waals surface area contributed by atoms with Crippen molar-refractivity contribution >= 4 is 11.9 Å². The fraction of sp³-hybridized carbons (Fsp3) is 0.333. The molecule has 0 saturated heterocycles. The zero-order chi connectivity index (χ0) is 18.6. The van der Waals surface area contributed by atoms with Gasteiger partial charge in [-0.15, -0.1) is 0 Å².